The van der Waals surface area contributed by atoms with Crippen LogP contribution in [-0.2, 0) is 16.0 Å². The number of aromatic nitrogens is 3. The molecule has 23 heavy (non-hydrogen) atoms. The third kappa shape index (κ3) is 2.79. The van der Waals surface area contributed by atoms with Crippen LogP contribution >= 0.6 is 11.6 Å². The highest BCUT2D eigenvalue weighted by molar-refractivity contribution is 6.30. The van der Waals surface area contributed by atoms with Crippen LogP contribution in [0.3, 0.4) is 0 Å². The van der Waals surface area contributed by atoms with Crippen LogP contribution in [0.5, 0.6) is 0 Å². The standard InChI is InChI=1S/C14H16ClN5O3/c15-11-5-10(19-1-3-22-4-2-19)12-13(18-11)20(8-16-12)6-9-7-23-14(21)17-9/h5,8-9H,1-4,6-7H2,(H,17,21)/t9-/m1/s1. The third-order valence-corrected chi connectivity index (χ3v) is 4.22. The molecule has 2 aromatic rings. The van der Waals surface area contributed by atoms with Gasteiger partial charge in [0.25, 0.3) is 0 Å². The Morgan fingerprint density at radius 1 is 1.39 bits per heavy atom. The minimum absolute atomic E-state index is 0.0903. The predicted octanol–water partition coefficient (Wildman–Crippen LogP) is 1.03. The van der Waals surface area contributed by atoms with Crippen molar-refractivity contribution in [1.29, 1.82) is 0 Å². The molecule has 4 heterocycles. The van der Waals surface area contributed by atoms with E-state index in [1.807, 2.05) is 10.6 Å². The van der Waals surface area contributed by atoms with E-state index in [4.69, 9.17) is 21.1 Å². The van der Waals surface area contributed by atoms with Gasteiger partial charge in [0.2, 0.25) is 0 Å². The Morgan fingerprint density at radius 3 is 2.96 bits per heavy atom. The number of alkyl carbamates (subject to hydrolysis) is 1. The minimum atomic E-state index is -0.389. The highest BCUT2D eigenvalue weighted by Gasteiger charge is 2.24. The summed E-state index contributed by atoms with van der Waals surface area (Å²) >= 11 is 6.21. The molecular formula is C14H16ClN5O3. The number of nitrogens with zero attached hydrogens (tertiary/aromatic N) is 4. The van der Waals surface area contributed by atoms with Gasteiger partial charge in [-0.1, -0.05) is 11.6 Å². The van der Waals surface area contributed by atoms with Crippen molar-refractivity contribution in [3.63, 3.8) is 0 Å². The molecule has 0 saturated carbocycles. The lowest BCUT2D eigenvalue weighted by Crippen LogP contribution is -2.36. The second-order valence-corrected chi connectivity index (χ2v) is 5.96. The lowest BCUT2D eigenvalue weighted by Gasteiger charge is -2.29. The summed E-state index contributed by atoms with van der Waals surface area (Å²) in [5.41, 5.74) is 2.48. The van der Waals surface area contributed by atoms with Crippen molar-refractivity contribution in [2.45, 2.75) is 12.6 Å². The van der Waals surface area contributed by atoms with Gasteiger partial charge < -0.3 is 24.3 Å². The maximum Gasteiger partial charge on any atom is 0.407 e. The number of imidazole rings is 1. The van der Waals surface area contributed by atoms with Crippen molar-refractivity contribution in [3.05, 3.63) is 17.5 Å². The molecule has 0 radical (unpaired) electrons. The summed E-state index contributed by atoms with van der Waals surface area (Å²) in [5.74, 6) is 0. The fourth-order valence-electron chi connectivity index (χ4n) is 2.93. The van der Waals surface area contributed by atoms with Crippen molar-refractivity contribution in [2.75, 3.05) is 37.8 Å². The Morgan fingerprint density at radius 2 is 2.22 bits per heavy atom. The van der Waals surface area contributed by atoms with Gasteiger partial charge in [0.1, 0.15) is 17.3 Å². The van der Waals surface area contributed by atoms with Gasteiger partial charge in [-0.05, 0) is 0 Å². The average molecular weight is 338 g/mol. The molecule has 2 aliphatic heterocycles. The fraction of sp³-hybridized carbons (Fsp3) is 0.500. The second-order valence-electron chi connectivity index (χ2n) is 5.57. The summed E-state index contributed by atoms with van der Waals surface area (Å²) in [6.07, 6.45) is 1.34. The average Bonchev–Trinajstić information content (AvgIpc) is 3.15. The summed E-state index contributed by atoms with van der Waals surface area (Å²) < 4.78 is 12.2. The van der Waals surface area contributed by atoms with E-state index in [-0.39, 0.29) is 12.1 Å². The van der Waals surface area contributed by atoms with Crippen LogP contribution in [0.2, 0.25) is 5.15 Å². The number of hydrogen-bond donors (Lipinski definition) is 1. The van der Waals surface area contributed by atoms with Crippen LogP contribution < -0.4 is 10.2 Å². The number of ether oxygens (including phenoxy) is 2. The maximum absolute atomic E-state index is 11.1. The van der Waals surface area contributed by atoms with Crippen LogP contribution in [0.1, 0.15) is 0 Å². The molecule has 0 spiro atoms. The zero-order valence-electron chi connectivity index (χ0n) is 12.4. The molecule has 0 aliphatic carbocycles. The van der Waals surface area contributed by atoms with Gasteiger partial charge in [-0.2, -0.15) is 0 Å². The molecule has 2 aliphatic rings. The number of anilines is 1. The summed E-state index contributed by atoms with van der Waals surface area (Å²) in [6.45, 7) is 3.86. The quantitative estimate of drug-likeness (QED) is 0.842. The first-order valence-corrected chi connectivity index (χ1v) is 7.86. The lowest BCUT2D eigenvalue weighted by atomic mass is 10.3. The number of amides is 1. The van der Waals surface area contributed by atoms with E-state index in [9.17, 15) is 4.79 Å². The zero-order valence-corrected chi connectivity index (χ0v) is 13.1. The number of hydrogen-bond acceptors (Lipinski definition) is 6. The van der Waals surface area contributed by atoms with Gasteiger partial charge in [0, 0.05) is 25.7 Å². The second kappa shape index (κ2) is 5.86. The van der Waals surface area contributed by atoms with E-state index in [2.05, 4.69) is 20.2 Å². The van der Waals surface area contributed by atoms with E-state index in [1.54, 1.807) is 6.33 Å². The highest BCUT2D eigenvalue weighted by Crippen LogP contribution is 2.28. The lowest BCUT2D eigenvalue weighted by molar-refractivity contribution is 0.123. The van der Waals surface area contributed by atoms with Crippen LogP contribution in [0.25, 0.3) is 11.2 Å². The first-order chi connectivity index (χ1) is 11.2. The van der Waals surface area contributed by atoms with Crippen LogP contribution in [0, 0.1) is 0 Å². The predicted molar refractivity (Wildman–Crippen MR) is 83.8 cm³/mol. The normalized spacial score (nSPS) is 21.5. The molecule has 2 aromatic heterocycles. The Labute approximate surface area is 137 Å². The number of cyclic esters (lactones) is 1. The molecule has 0 unspecified atom stereocenters. The monoisotopic (exact) mass is 337 g/mol. The Kier molecular flexibility index (Phi) is 3.70. The van der Waals surface area contributed by atoms with E-state index >= 15 is 0 Å². The molecule has 1 N–H and O–H groups in total. The largest absolute Gasteiger partial charge is 0.447 e. The van der Waals surface area contributed by atoms with Crippen molar-refractivity contribution in [3.8, 4) is 0 Å². The smallest absolute Gasteiger partial charge is 0.407 e. The molecule has 0 aromatic carbocycles. The van der Waals surface area contributed by atoms with Gasteiger partial charge >= 0.3 is 6.09 Å². The topological polar surface area (TPSA) is 81.5 Å². The number of carbonyl (C=O) groups excluding carboxylic acids is 1. The zero-order chi connectivity index (χ0) is 15.8. The van der Waals surface area contributed by atoms with E-state index in [1.165, 1.54) is 0 Å². The Hall–Kier alpha value is -2.06. The van der Waals surface area contributed by atoms with Gasteiger partial charge in [0.05, 0.1) is 31.3 Å². The van der Waals surface area contributed by atoms with Crippen molar-refractivity contribution < 1.29 is 14.3 Å². The third-order valence-electron chi connectivity index (χ3n) is 4.03. The van der Waals surface area contributed by atoms with Gasteiger partial charge in [-0.3, -0.25) is 0 Å². The van der Waals surface area contributed by atoms with Crippen LogP contribution in [0.15, 0.2) is 12.4 Å². The molecule has 9 heteroatoms. The summed E-state index contributed by atoms with van der Waals surface area (Å²) in [4.78, 5) is 22.3. The molecular weight excluding hydrogens is 322 g/mol. The molecule has 122 valence electrons. The maximum atomic E-state index is 11.1. The van der Waals surface area contributed by atoms with Crippen LogP contribution in [0.4, 0.5) is 10.5 Å². The van der Waals surface area contributed by atoms with Gasteiger partial charge in [-0.25, -0.2) is 14.8 Å². The number of halogens is 1. The number of nitrogens with one attached hydrogen (secondary N) is 1. The number of pyridine rings is 1. The first-order valence-electron chi connectivity index (χ1n) is 7.48. The molecule has 1 amide bonds. The van der Waals surface area contributed by atoms with Gasteiger partial charge in [0.15, 0.2) is 5.65 Å². The summed E-state index contributed by atoms with van der Waals surface area (Å²) in [6, 6.07) is 1.75. The van der Waals surface area contributed by atoms with Crippen LogP contribution in [-0.4, -0.2) is 59.6 Å². The van der Waals surface area contributed by atoms with E-state index in [0.29, 0.717) is 37.2 Å². The Balaban J connectivity index is 1.68. The summed E-state index contributed by atoms with van der Waals surface area (Å²) in [7, 11) is 0. The molecule has 4 rings (SSSR count). The SMILES string of the molecule is O=C1N[C@H](Cn2cnc3c(N4CCOCC4)cc(Cl)nc32)CO1. The number of rotatable bonds is 3. The summed E-state index contributed by atoms with van der Waals surface area (Å²) in [5, 5.41) is 3.18. The van der Waals surface area contributed by atoms with E-state index in [0.717, 1.165) is 24.3 Å². The first kappa shape index (κ1) is 14.5. The number of fused-ring (bicyclic) bond motifs is 1. The van der Waals surface area contributed by atoms with Crippen molar-refractivity contribution in [1.82, 2.24) is 19.9 Å². The molecule has 8 nitrogen and oxygen atoms in total. The van der Waals surface area contributed by atoms with Crippen molar-refractivity contribution >= 4 is 34.5 Å². The number of morpholine rings is 1. The highest BCUT2D eigenvalue weighted by atomic mass is 35.5. The van der Waals surface area contributed by atoms with Gasteiger partial charge in [-0.15, -0.1) is 0 Å². The fourth-order valence-corrected chi connectivity index (χ4v) is 3.11. The minimum Gasteiger partial charge on any atom is -0.447 e. The van der Waals surface area contributed by atoms with E-state index < -0.39 is 0 Å². The molecule has 1 atom stereocenters. The molecule has 2 fully saturated rings. The van der Waals surface area contributed by atoms with Crippen molar-refractivity contribution in [2.24, 2.45) is 0 Å². The number of carbonyl (C=O) groups is 1. The molecule has 2 saturated heterocycles. The Bertz CT molecular complexity index is 743. The molecule has 0 bridgehead atoms.